The topological polar surface area (TPSA) is 38.7 Å². The first-order valence-electron chi connectivity index (χ1n) is 6.59. The monoisotopic (exact) mass is 282 g/mol. The molecule has 2 rings (SSSR count). The van der Waals surface area contributed by atoms with Crippen molar-refractivity contribution < 1.29 is 14.6 Å². The largest absolute Gasteiger partial charge is 0.504 e. The first-order valence-corrected chi connectivity index (χ1v) is 6.59. The lowest BCUT2D eigenvalue weighted by Gasteiger charge is -2.03. The lowest BCUT2D eigenvalue weighted by molar-refractivity contribution is 0.373. The third-order valence-corrected chi connectivity index (χ3v) is 3.02. The van der Waals surface area contributed by atoms with Crippen LogP contribution in [0.5, 0.6) is 17.2 Å². The molecule has 0 bridgehead atoms. The quantitative estimate of drug-likeness (QED) is 0.838. The molecule has 21 heavy (non-hydrogen) atoms. The summed E-state index contributed by atoms with van der Waals surface area (Å²) < 4.78 is 10.4. The smallest absolute Gasteiger partial charge is 0.161 e. The lowest BCUT2D eigenvalue weighted by atomic mass is 10.1. The van der Waals surface area contributed by atoms with Gasteiger partial charge in [0.1, 0.15) is 5.75 Å². The van der Waals surface area contributed by atoms with Gasteiger partial charge in [-0.15, -0.1) is 0 Å². The van der Waals surface area contributed by atoms with Gasteiger partial charge in [-0.1, -0.05) is 48.6 Å². The van der Waals surface area contributed by atoms with Gasteiger partial charge in [-0.2, -0.15) is 0 Å². The Morgan fingerprint density at radius 1 is 0.857 bits per heavy atom. The molecule has 2 aromatic carbocycles. The average Bonchev–Trinajstić information content (AvgIpc) is 2.53. The molecule has 0 radical (unpaired) electrons. The second-order valence-electron chi connectivity index (χ2n) is 4.39. The highest BCUT2D eigenvalue weighted by Crippen LogP contribution is 2.26. The Balaban J connectivity index is 2.10. The molecule has 0 spiro atoms. The van der Waals surface area contributed by atoms with Crippen LogP contribution in [0, 0.1) is 0 Å². The molecular weight excluding hydrogens is 264 g/mol. The predicted octanol–water partition coefficient (Wildman–Crippen LogP) is 4.14. The summed E-state index contributed by atoms with van der Waals surface area (Å²) in [6, 6.07) is 13.0. The maximum absolute atomic E-state index is 9.54. The molecule has 0 saturated carbocycles. The van der Waals surface area contributed by atoms with Crippen LogP contribution in [0.1, 0.15) is 11.1 Å². The Labute approximate surface area is 124 Å². The molecule has 0 amide bonds. The molecular formula is C18H18O3. The fraction of sp³-hybridized carbons (Fsp3) is 0.111. The first-order chi connectivity index (χ1) is 10.2. The van der Waals surface area contributed by atoms with Gasteiger partial charge in [0.15, 0.2) is 11.5 Å². The van der Waals surface area contributed by atoms with E-state index in [0.717, 1.165) is 16.9 Å². The van der Waals surface area contributed by atoms with E-state index >= 15 is 0 Å². The van der Waals surface area contributed by atoms with Crippen molar-refractivity contribution in [3.8, 4) is 17.2 Å². The van der Waals surface area contributed by atoms with Crippen molar-refractivity contribution >= 4 is 12.2 Å². The maximum atomic E-state index is 9.54. The summed E-state index contributed by atoms with van der Waals surface area (Å²) in [6.45, 7) is 0. The van der Waals surface area contributed by atoms with Crippen molar-refractivity contribution in [3.63, 3.8) is 0 Å². The van der Waals surface area contributed by atoms with Gasteiger partial charge in [-0.25, -0.2) is 0 Å². The van der Waals surface area contributed by atoms with E-state index in [1.807, 2.05) is 54.6 Å². The van der Waals surface area contributed by atoms with Gasteiger partial charge in [-0.05, 0) is 23.8 Å². The lowest BCUT2D eigenvalue weighted by Crippen LogP contribution is -1.85. The zero-order valence-electron chi connectivity index (χ0n) is 12.1. The summed E-state index contributed by atoms with van der Waals surface area (Å²) in [4.78, 5) is 0. The molecule has 3 heteroatoms. The zero-order valence-corrected chi connectivity index (χ0v) is 12.1. The van der Waals surface area contributed by atoms with E-state index in [2.05, 4.69) is 0 Å². The molecule has 0 aromatic heterocycles. The standard InChI is InChI=1S/C18H18O3/c1-20-17-10-6-5-9-15(17)8-4-3-7-14-11-12-16(19)18(13-14)21-2/h3-13,19H,1-2H3/b7-3+,8-4+. The second-order valence-corrected chi connectivity index (χ2v) is 4.39. The van der Waals surface area contributed by atoms with Crippen LogP contribution in [0.25, 0.3) is 12.2 Å². The van der Waals surface area contributed by atoms with Crippen LogP contribution in [0.4, 0.5) is 0 Å². The summed E-state index contributed by atoms with van der Waals surface area (Å²) in [5, 5.41) is 9.54. The van der Waals surface area contributed by atoms with Gasteiger partial charge in [0.25, 0.3) is 0 Å². The van der Waals surface area contributed by atoms with Gasteiger partial charge < -0.3 is 14.6 Å². The number of ether oxygens (including phenoxy) is 2. The number of phenolic OH excluding ortho intramolecular Hbond substituents is 1. The summed E-state index contributed by atoms with van der Waals surface area (Å²) in [7, 11) is 3.19. The van der Waals surface area contributed by atoms with Crippen LogP contribution in [-0.2, 0) is 0 Å². The highest BCUT2D eigenvalue weighted by Gasteiger charge is 1.99. The van der Waals surface area contributed by atoms with Crippen molar-refractivity contribution in [1.29, 1.82) is 0 Å². The third-order valence-electron chi connectivity index (χ3n) is 3.02. The molecule has 2 aromatic rings. The van der Waals surface area contributed by atoms with Gasteiger partial charge in [0, 0.05) is 5.56 Å². The number of aromatic hydroxyl groups is 1. The van der Waals surface area contributed by atoms with Crippen molar-refractivity contribution in [2.45, 2.75) is 0 Å². The minimum atomic E-state index is 0.138. The van der Waals surface area contributed by atoms with Crippen LogP contribution in [-0.4, -0.2) is 19.3 Å². The Bertz CT molecular complexity index is 657. The molecule has 108 valence electrons. The van der Waals surface area contributed by atoms with Crippen molar-refractivity contribution in [3.05, 3.63) is 65.7 Å². The molecule has 3 nitrogen and oxygen atoms in total. The zero-order chi connectivity index (χ0) is 15.1. The van der Waals surface area contributed by atoms with Gasteiger partial charge in [-0.3, -0.25) is 0 Å². The van der Waals surface area contributed by atoms with Crippen LogP contribution in [0.3, 0.4) is 0 Å². The van der Waals surface area contributed by atoms with Gasteiger partial charge >= 0.3 is 0 Å². The van der Waals surface area contributed by atoms with Crippen LogP contribution in [0.2, 0.25) is 0 Å². The summed E-state index contributed by atoms with van der Waals surface area (Å²) in [5.74, 6) is 1.44. The Kier molecular flexibility index (Phi) is 5.04. The molecule has 0 saturated heterocycles. The highest BCUT2D eigenvalue weighted by molar-refractivity contribution is 5.62. The van der Waals surface area contributed by atoms with Crippen molar-refractivity contribution in [2.24, 2.45) is 0 Å². The van der Waals surface area contributed by atoms with E-state index in [4.69, 9.17) is 9.47 Å². The number of methoxy groups -OCH3 is 2. The third kappa shape index (κ3) is 3.89. The van der Waals surface area contributed by atoms with Crippen LogP contribution >= 0.6 is 0 Å². The fourth-order valence-corrected chi connectivity index (χ4v) is 1.93. The van der Waals surface area contributed by atoms with Crippen LogP contribution < -0.4 is 9.47 Å². The van der Waals surface area contributed by atoms with E-state index in [9.17, 15) is 5.11 Å². The average molecular weight is 282 g/mol. The number of hydrogen-bond acceptors (Lipinski definition) is 3. The fourth-order valence-electron chi connectivity index (χ4n) is 1.93. The van der Waals surface area contributed by atoms with E-state index in [-0.39, 0.29) is 5.75 Å². The normalized spacial score (nSPS) is 11.1. The molecule has 0 aliphatic carbocycles. The van der Waals surface area contributed by atoms with E-state index in [1.54, 1.807) is 19.2 Å². The molecule has 0 atom stereocenters. The Morgan fingerprint density at radius 2 is 1.57 bits per heavy atom. The minimum absolute atomic E-state index is 0.138. The second kappa shape index (κ2) is 7.20. The summed E-state index contributed by atoms with van der Waals surface area (Å²) >= 11 is 0. The Morgan fingerprint density at radius 3 is 2.33 bits per heavy atom. The maximum Gasteiger partial charge on any atom is 0.161 e. The molecule has 0 aliphatic heterocycles. The number of rotatable bonds is 5. The van der Waals surface area contributed by atoms with Gasteiger partial charge in [0.05, 0.1) is 14.2 Å². The summed E-state index contributed by atoms with van der Waals surface area (Å²) in [5.41, 5.74) is 1.97. The van der Waals surface area contributed by atoms with Gasteiger partial charge in [0.2, 0.25) is 0 Å². The highest BCUT2D eigenvalue weighted by atomic mass is 16.5. The number of benzene rings is 2. The molecule has 0 unspecified atom stereocenters. The number of para-hydroxylation sites is 1. The molecule has 0 heterocycles. The first kappa shape index (κ1) is 14.7. The minimum Gasteiger partial charge on any atom is -0.504 e. The van der Waals surface area contributed by atoms with E-state index in [0.29, 0.717) is 5.75 Å². The SMILES string of the molecule is COc1cc(/C=C/C=C/c2ccccc2OC)ccc1O. The summed E-state index contributed by atoms with van der Waals surface area (Å²) in [6.07, 6.45) is 7.79. The van der Waals surface area contributed by atoms with Crippen LogP contribution in [0.15, 0.2) is 54.6 Å². The molecule has 0 aliphatic rings. The number of hydrogen-bond donors (Lipinski definition) is 1. The van der Waals surface area contributed by atoms with E-state index in [1.165, 1.54) is 7.11 Å². The number of allylic oxidation sites excluding steroid dienone is 2. The number of phenols is 1. The molecule has 1 N–H and O–H groups in total. The molecule has 0 fully saturated rings. The van der Waals surface area contributed by atoms with Crippen molar-refractivity contribution in [2.75, 3.05) is 14.2 Å². The Hall–Kier alpha value is -2.68. The predicted molar refractivity (Wildman–Crippen MR) is 85.7 cm³/mol. The van der Waals surface area contributed by atoms with E-state index < -0.39 is 0 Å². The van der Waals surface area contributed by atoms with Crippen molar-refractivity contribution in [1.82, 2.24) is 0 Å².